The summed E-state index contributed by atoms with van der Waals surface area (Å²) in [6, 6.07) is 14.6. The van der Waals surface area contributed by atoms with Crippen molar-refractivity contribution >= 4 is 34.4 Å². The lowest BCUT2D eigenvalue weighted by molar-refractivity contribution is -0.135. The van der Waals surface area contributed by atoms with Crippen LogP contribution in [0.25, 0.3) is 17.2 Å². The monoisotopic (exact) mass is 388 g/mol. The molecule has 0 heterocycles. The highest BCUT2D eigenvalue weighted by Crippen LogP contribution is 2.44. The highest BCUT2D eigenvalue weighted by Gasteiger charge is 2.27. The number of allylic oxidation sites excluding steroid dienone is 2. The molecule has 0 aliphatic heterocycles. The molecule has 138 valence electrons. The number of hydrogen-bond donors (Lipinski definition) is 1. The van der Waals surface area contributed by atoms with Crippen LogP contribution in [0.3, 0.4) is 0 Å². The molecule has 28 heavy (non-hydrogen) atoms. The molecule has 0 bridgehead atoms. The van der Waals surface area contributed by atoms with E-state index in [1.54, 1.807) is 30.5 Å². The number of aliphatic carboxylic acids is 1. The zero-order valence-electron chi connectivity index (χ0n) is 15.3. The van der Waals surface area contributed by atoms with Gasteiger partial charge in [-0.25, -0.2) is 0 Å². The molecule has 1 aliphatic carbocycles. The molecule has 2 aromatic carbocycles. The molecule has 1 atom stereocenters. The molecule has 0 fully saturated rings. The number of nitriles is 2. The van der Waals surface area contributed by atoms with Crippen LogP contribution in [0.15, 0.2) is 46.9 Å². The topological polar surface area (TPSA) is 108 Å². The van der Waals surface area contributed by atoms with Crippen LogP contribution in [0.5, 0.6) is 0 Å². The van der Waals surface area contributed by atoms with Crippen LogP contribution in [0.4, 0.5) is 0 Å². The van der Waals surface area contributed by atoms with Gasteiger partial charge in [-0.15, -0.1) is 0 Å². The van der Waals surface area contributed by atoms with E-state index in [0.29, 0.717) is 11.1 Å². The molecule has 1 unspecified atom stereocenters. The van der Waals surface area contributed by atoms with Gasteiger partial charge in [-0.3, -0.25) is 4.79 Å². The molecule has 0 saturated heterocycles. The predicted octanol–water partition coefficient (Wildman–Crippen LogP) is 3.97. The van der Waals surface area contributed by atoms with Gasteiger partial charge in [0.05, 0.1) is 17.5 Å². The summed E-state index contributed by atoms with van der Waals surface area (Å²) in [4.78, 5) is 12.1. The zero-order valence-corrected chi connectivity index (χ0v) is 16.1. The third-order valence-electron chi connectivity index (χ3n) is 4.72. The maximum atomic E-state index is 11.6. The summed E-state index contributed by atoms with van der Waals surface area (Å²) in [6.07, 6.45) is 3.36. The highest BCUT2D eigenvalue weighted by atomic mass is 32.2. The smallest absolute Gasteiger partial charge is 0.307 e. The molecule has 0 spiro atoms. The SMILES string of the molecule is CC1=C(CC(=O)O)c2cc(C#N)c(C#N)cc2C1=Cc1ccc([S+](C)[O-])cc1. The number of hydrogen-bond acceptors (Lipinski definition) is 4. The van der Waals surface area contributed by atoms with Crippen molar-refractivity contribution in [1.29, 1.82) is 10.5 Å². The van der Waals surface area contributed by atoms with Crippen molar-refractivity contribution in [3.8, 4) is 12.1 Å². The number of nitrogens with zero attached hydrogens (tertiary/aromatic N) is 2. The summed E-state index contributed by atoms with van der Waals surface area (Å²) in [5, 5.41) is 28.0. The molecule has 3 rings (SSSR count). The Labute approximate surface area is 166 Å². The van der Waals surface area contributed by atoms with E-state index in [1.165, 1.54) is 0 Å². The van der Waals surface area contributed by atoms with E-state index >= 15 is 0 Å². The van der Waals surface area contributed by atoms with Crippen LogP contribution < -0.4 is 0 Å². The Bertz CT molecular complexity index is 1110. The van der Waals surface area contributed by atoms with Crippen LogP contribution in [0, 0.1) is 22.7 Å². The average Bonchev–Trinajstić information content (AvgIpc) is 2.91. The molecular formula is C22H16N2O3S. The van der Waals surface area contributed by atoms with Gasteiger partial charge in [0.15, 0.2) is 4.90 Å². The van der Waals surface area contributed by atoms with E-state index < -0.39 is 17.1 Å². The summed E-state index contributed by atoms with van der Waals surface area (Å²) in [5.74, 6) is -0.959. The van der Waals surface area contributed by atoms with E-state index in [-0.39, 0.29) is 17.5 Å². The van der Waals surface area contributed by atoms with Crippen LogP contribution >= 0.6 is 0 Å². The summed E-state index contributed by atoms with van der Waals surface area (Å²) < 4.78 is 11.6. The Kier molecular flexibility index (Phi) is 5.37. The maximum absolute atomic E-state index is 11.6. The second-order valence-corrected chi connectivity index (χ2v) is 7.80. The highest BCUT2D eigenvalue weighted by molar-refractivity contribution is 7.90. The molecule has 6 heteroatoms. The Balaban J connectivity index is 2.19. The van der Waals surface area contributed by atoms with Gasteiger partial charge in [0, 0.05) is 0 Å². The number of carboxylic acid groups (broad SMARTS) is 1. The number of benzene rings is 2. The molecule has 0 radical (unpaired) electrons. The number of rotatable bonds is 4. The number of carbonyl (C=O) groups is 1. The first-order chi connectivity index (χ1) is 13.3. The molecule has 0 amide bonds. The summed E-state index contributed by atoms with van der Waals surface area (Å²) in [6.45, 7) is 1.84. The third kappa shape index (κ3) is 3.57. The normalized spacial score (nSPS) is 15.1. The molecule has 5 nitrogen and oxygen atoms in total. The Morgan fingerprint density at radius 1 is 1.14 bits per heavy atom. The number of fused-ring (bicyclic) bond motifs is 1. The third-order valence-corrected chi connectivity index (χ3v) is 5.66. The van der Waals surface area contributed by atoms with Crippen molar-refractivity contribution in [3.63, 3.8) is 0 Å². The largest absolute Gasteiger partial charge is 0.612 e. The van der Waals surface area contributed by atoms with Gasteiger partial charge in [0.1, 0.15) is 18.4 Å². The van der Waals surface area contributed by atoms with E-state index in [2.05, 4.69) is 0 Å². The van der Waals surface area contributed by atoms with Crippen molar-refractivity contribution in [2.75, 3.05) is 6.26 Å². The molecule has 0 saturated carbocycles. The van der Waals surface area contributed by atoms with Gasteiger partial charge in [-0.1, -0.05) is 0 Å². The van der Waals surface area contributed by atoms with Gasteiger partial charge in [-0.05, 0) is 94.0 Å². The fourth-order valence-electron chi connectivity index (χ4n) is 3.31. The van der Waals surface area contributed by atoms with E-state index in [9.17, 15) is 25.0 Å². The van der Waals surface area contributed by atoms with E-state index in [4.69, 9.17) is 0 Å². The molecule has 2 aromatic rings. The summed E-state index contributed by atoms with van der Waals surface area (Å²) >= 11 is -1.07. The average molecular weight is 388 g/mol. The quantitative estimate of drug-likeness (QED) is 0.797. The summed E-state index contributed by atoms with van der Waals surface area (Å²) in [5.41, 5.74) is 5.04. The lowest BCUT2D eigenvalue weighted by atomic mass is 9.95. The second-order valence-electron chi connectivity index (χ2n) is 6.42. The van der Waals surface area contributed by atoms with Crippen LogP contribution in [-0.4, -0.2) is 21.9 Å². The van der Waals surface area contributed by atoms with Gasteiger partial charge >= 0.3 is 5.97 Å². The Hall–Kier alpha value is -3.32. The minimum Gasteiger partial charge on any atom is -0.612 e. The van der Waals surface area contributed by atoms with Gasteiger partial charge < -0.3 is 9.66 Å². The molecule has 1 aliphatic rings. The molecular weight excluding hydrogens is 372 g/mol. The first-order valence-electron chi connectivity index (χ1n) is 8.41. The summed E-state index contributed by atoms with van der Waals surface area (Å²) in [7, 11) is 0. The van der Waals surface area contributed by atoms with E-state index in [1.807, 2.05) is 37.3 Å². The van der Waals surface area contributed by atoms with Gasteiger partial charge in [0.2, 0.25) is 0 Å². The number of carboxylic acids is 1. The molecule has 1 N–H and O–H groups in total. The zero-order chi connectivity index (χ0) is 20.4. The maximum Gasteiger partial charge on any atom is 0.307 e. The van der Waals surface area contributed by atoms with Gasteiger partial charge in [-0.2, -0.15) is 10.5 Å². The predicted molar refractivity (Wildman–Crippen MR) is 107 cm³/mol. The van der Waals surface area contributed by atoms with E-state index in [0.717, 1.165) is 27.2 Å². The van der Waals surface area contributed by atoms with Crippen molar-refractivity contribution in [2.45, 2.75) is 18.2 Å². The van der Waals surface area contributed by atoms with Gasteiger partial charge in [0.25, 0.3) is 0 Å². The fraction of sp³-hybridized carbons (Fsp3) is 0.136. The standard InChI is InChI=1S/C22H16N2O3S/c1-13-18(7-14-3-5-17(6-4-14)28(2)27)20-8-15(11-23)16(12-24)9-21(20)19(13)10-22(25)26/h3-9H,10H2,1-2H3,(H,25,26). The molecule has 0 aromatic heterocycles. The van der Waals surface area contributed by atoms with Crippen LogP contribution in [0.2, 0.25) is 0 Å². The first kappa shape index (κ1) is 19.4. The van der Waals surface area contributed by atoms with Crippen molar-refractivity contribution in [3.05, 3.63) is 69.8 Å². The second kappa shape index (κ2) is 7.74. The fourth-order valence-corrected chi connectivity index (χ4v) is 3.83. The minimum atomic E-state index is -1.07. The first-order valence-corrected chi connectivity index (χ1v) is 9.97. The van der Waals surface area contributed by atoms with Crippen LogP contribution in [-0.2, 0) is 16.0 Å². The van der Waals surface area contributed by atoms with Crippen molar-refractivity contribution in [2.24, 2.45) is 0 Å². The minimum absolute atomic E-state index is 0.166. The van der Waals surface area contributed by atoms with Crippen molar-refractivity contribution < 1.29 is 14.5 Å². The van der Waals surface area contributed by atoms with Crippen molar-refractivity contribution in [1.82, 2.24) is 0 Å². The Morgan fingerprint density at radius 3 is 2.21 bits per heavy atom. The lowest BCUT2D eigenvalue weighted by Gasteiger charge is -2.07. The Morgan fingerprint density at radius 2 is 1.71 bits per heavy atom. The van der Waals surface area contributed by atoms with Crippen LogP contribution in [0.1, 0.15) is 41.2 Å². The lowest BCUT2D eigenvalue weighted by Crippen LogP contribution is -1.98.